The van der Waals surface area contributed by atoms with Gasteiger partial charge in [-0.3, -0.25) is 0 Å². The molecule has 1 N–H and O–H groups in total. The lowest BCUT2D eigenvalue weighted by Crippen LogP contribution is -2.66. The van der Waals surface area contributed by atoms with E-state index >= 15 is 0 Å². The fourth-order valence-corrected chi connectivity index (χ4v) is 5.69. The van der Waals surface area contributed by atoms with Crippen molar-refractivity contribution in [2.75, 3.05) is 27.8 Å². The number of methoxy groups -OCH3 is 2. The summed E-state index contributed by atoms with van der Waals surface area (Å²) >= 11 is 0. The Labute approximate surface area is 141 Å². The van der Waals surface area contributed by atoms with Gasteiger partial charge in [0.2, 0.25) is 0 Å². The van der Waals surface area contributed by atoms with Crippen molar-refractivity contribution in [2.45, 2.75) is 36.5 Å². The topological polar surface area (TPSA) is 51.2 Å². The zero-order valence-corrected chi connectivity index (χ0v) is 14.3. The van der Waals surface area contributed by atoms with Crippen LogP contribution in [-0.2, 0) is 16.6 Å². The highest BCUT2D eigenvalue weighted by Crippen LogP contribution is 2.63. The second kappa shape index (κ2) is 4.67. The maximum atomic E-state index is 10.8. The molecule has 128 valence electrons. The minimum Gasteiger partial charge on any atom is -0.501 e. The number of likely N-dealkylation sites (tertiary alicyclic amines) is 1. The van der Waals surface area contributed by atoms with Crippen molar-refractivity contribution in [1.29, 1.82) is 0 Å². The van der Waals surface area contributed by atoms with Gasteiger partial charge in [-0.2, -0.15) is 0 Å². The normalized spacial score (nSPS) is 38.9. The van der Waals surface area contributed by atoms with Gasteiger partial charge in [0, 0.05) is 17.5 Å². The predicted molar refractivity (Wildman–Crippen MR) is 88.4 cm³/mol. The number of likely N-dealkylation sites (N-methyl/N-ethyl adjacent to an activating group) is 1. The number of rotatable bonds is 2. The SMILES string of the molecule is COC1=C[C@H](O)[C@@H]2Oc3c(OC)ccc4c3[C@@]23CCN(C)[C@H](C4)C13. The predicted octanol–water partition coefficient (Wildman–Crippen LogP) is 1.48. The van der Waals surface area contributed by atoms with Crippen LogP contribution in [0.25, 0.3) is 0 Å². The first-order valence-corrected chi connectivity index (χ1v) is 8.63. The lowest BCUT2D eigenvalue weighted by atomic mass is 9.52. The van der Waals surface area contributed by atoms with Crippen molar-refractivity contribution in [3.05, 3.63) is 35.1 Å². The summed E-state index contributed by atoms with van der Waals surface area (Å²) in [6.07, 6.45) is 2.86. The molecule has 1 unspecified atom stereocenters. The number of benzene rings is 1. The van der Waals surface area contributed by atoms with Crippen molar-refractivity contribution in [2.24, 2.45) is 5.92 Å². The van der Waals surface area contributed by atoms with Crippen LogP contribution >= 0.6 is 0 Å². The quantitative estimate of drug-likeness (QED) is 0.891. The molecule has 1 aromatic rings. The van der Waals surface area contributed by atoms with E-state index in [1.807, 2.05) is 12.1 Å². The number of nitrogens with zero attached hydrogens (tertiary/aromatic N) is 1. The summed E-state index contributed by atoms with van der Waals surface area (Å²) in [5.74, 6) is 2.72. The lowest BCUT2D eigenvalue weighted by molar-refractivity contribution is -0.0680. The number of piperidine rings is 1. The molecule has 5 atom stereocenters. The third kappa shape index (κ3) is 1.48. The fraction of sp³-hybridized carbons (Fsp3) is 0.579. The van der Waals surface area contributed by atoms with Crippen LogP contribution < -0.4 is 9.47 Å². The third-order valence-corrected chi connectivity index (χ3v) is 6.65. The molecule has 5 nitrogen and oxygen atoms in total. The second-order valence-electron chi connectivity index (χ2n) is 7.45. The van der Waals surface area contributed by atoms with E-state index in [-0.39, 0.29) is 17.4 Å². The molecule has 1 saturated heterocycles. The molecule has 2 aliphatic carbocycles. The molecular weight excluding hydrogens is 306 g/mol. The van der Waals surface area contributed by atoms with E-state index < -0.39 is 6.10 Å². The number of ether oxygens (including phenoxy) is 3. The molecule has 5 heteroatoms. The van der Waals surface area contributed by atoms with Crippen LogP contribution in [0.4, 0.5) is 0 Å². The standard InChI is InChI=1S/C19H23NO4/c1-20-7-6-19-15-10-4-5-13(22-2)17(15)24-18(19)12(21)9-14(23-3)16(19)11(20)8-10/h4-5,9,11-12,16,18,21H,6-8H2,1-3H3/t11-,12+,16?,18+,19-/m1/s1. The smallest absolute Gasteiger partial charge is 0.165 e. The minimum atomic E-state index is -0.664. The van der Waals surface area contributed by atoms with Gasteiger partial charge >= 0.3 is 0 Å². The minimum absolute atomic E-state index is 0.214. The first kappa shape index (κ1) is 14.6. The molecule has 0 amide bonds. The third-order valence-electron chi connectivity index (χ3n) is 6.65. The van der Waals surface area contributed by atoms with Crippen molar-refractivity contribution in [3.63, 3.8) is 0 Å². The van der Waals surface area contributed by atoms with E-state index in [0.29, 0.717) is 6.04 Å². The maximum Gasteiger partial charge on any atom is 0.165 e. The first-order chi connectivity index (χ1) is 11.6. The summed E-state index contributed by atoms with van der Waals surface area (Å²) in [5, 5.41) is 10.8. The van der Waals surface area contributed by atoms with Gasteiger partial charge in [0.15, 0.2) is 11.5 Å². The summed E-state index contributed by atoms with van der Waals surface area (Å²) in [7, 11) is 5.58. The summed E-state index contributed by atoms with van der Waals surface area (Å²) in [5.41, 5.74) is 2.36. The Morgan fingerprint density at radius 3 is 2.88 bits per heavy atom. The van der Waals surface area contributed by atoms with Crippen LogP contribution in [0.15, 0.2) is 24.0 Å². The van der Waals surface area contributed by atoms with E-state index in [1.165, 1.54) is 11.1 Å². The summed E-state index contributed by atoms with van der Waals surface area (Å²) in [6, 6.07) is 4.54. The van der Waals surface area contributed by atoms with Gasteiger partial charge < -0.3 is 24.2 Å². The highest BCUT2D eigenvalue weighted by atomic mass is 16.5. The fourth-order valence-electron chi connectivity index (χ4n) is 5.69. The molecule has 0 aromatic heterocycles. The van der Waals surface area contributed by atoms with Crippen LogP contribution in [0.1, 0.15) is 17.5 Å². The summed E-state index contributed by atoms with van der Waals surface area (Å²) in [4.78, 5) is 2.43. The molecule has 5 rings (SSSR count). The molecule has 0 radical (unpaired) electrons. The molecule has 1 spiro atoms. The van der Waals surface area contributed by atoms with E-state index in [0.717, 1.165) is 36.6 Å². The molecule has 2 heterocycles. The largest absolute Gasteiger partial charge is 0.501 e. The first-order valence-electron chi connectivity index (χ1n) is 8.63. The van der Waals surface area contributed by atoms with Crippen LogP contribution in [0, 0.1) is 5.92 Å². The molecule has 1 fully saturated rings. The molecule has 4 aliphatic rings. The second-order valence-corrected chi connectivity index (χ2v) is 7.45. The van der Waals surface area contributed by atoms with Crippen LogP contribution in [0.5, 0.6) is 11.5 Å². The van der Waals surface area contributed by atoms with Crippen molar-refractivity contribution in [3.8, 4) is 11.5 Å². The molecule has 24 heavy (non-hydrogen) atoms. The maximum absolute atomic E-state index is 10.8. The number of aliphatic hydroxyl groups excluding tert-OH is 1. The Balaban J connectivity index is 1.82. The van der Waals surface area contributed by atoms with Gasteiger partial charge in [-0.25, -0.2) is 0 Å². The molecule has 2 aliphatic heterocycles. The van der Waals surface area contributed by atoms with Gasteiger partial charge in [0.25, 0.3) is 0 Å². The average molecular weight is 329 g/mol. The van der Waals surface area contributed by atoms with Crippen LogP contribution in [-0.4, -0.2) is 56.1 Å². The average Bonchev–Trinajstić information content (AvgIpc) is 2.94. The van der Waals surface area contributed by atoms with Gasteiger partial charge in [-0.1, -0.05) is 6.07 Å². The Morgan fingerprint density at radius 1 is 1.29 bits per heavy atom. The van der Waals surface area contributed by atoms with Crippen LogP contribution in [0.3, 0.4) is 0 Å². The molecule has 2 bridgehead atoms. The molecule has 0 saturated carbocycles. The number of hydrogen-bond acceptors (Lipinski definition) is 5. The summed E-state index contributed by atoms with van der Waals surface area (Å²) in [6.45, 7) is 1.00. The highest BCUT2D eigenvalue weighted by molar-refractivity contribution is 5.62. The van der Waals surface area contributed by atoms with Gasteiger partial charge in [-0.05, 0) is 44.1 Å². The Kier molecular flexibility index (Phi) is 2.84. The van der Waals surface area contributed by atoms with Gasteiger partial charge in [0.05, 0.1) is 25.4 Å². The molecular formula is C19H23NO4. The molecule has 1 aromatic carbocycles. The zero-order valence-electron chi connectivity index (χ0n) is 14.3. The number of aliphatic hydroxyl groups is 1. The van der Waals surface area contributed by atoms with Gasteiger partial charge in [-0.15, -0.1) is 0 Å². The van der Waals surface area contributed by atoms with Crippen molar-refractivity contribution in [1.82, 2.24) is 4.90 Å². The van der Waals surface area contributed by atoms with Gasteiger partial charge in [0.1, 0.15) is 12.2 Å². The van der Waals surface area contributed by atoms with E-state index in [1.54, 1.807) is 14.2 Å². The Morgan fingerprint density at radius 2 is 2.12 bits per heavy atom. The van der Waals surface area contributed by atoms with E-state index in [4.69, 9.17) is 14.2 Å². The van der Waals surface area contributed by atoms with E-state index in [2.05, 4.69) is 18.0 Å². The van der Waals surface area contributed by atoms with E-state index in [9.17, 15) is 5.11 Å². The van der Waals surface area contributed by atoms with Crippen molar-refractivity contribution >= 4 is 0 Å². The Bertz CT molecular complexity index is 745. The van der Waals surface area contributed by atoms with Crippen molar-refractivity contribution < 1.29 is 19.3 Å². The van der Waals surface area contributed by atoms with Crippen LogP contribution in [0.2, 0.25) is 0 Å². The zero-order chi connectivity index (χ0) is 16.6. The monoisotopic (exact) mass is 329 g/mol. The highest BCUT2D eigenvalue weighted by Gasteiger charge is 2.66. The lowest BCUT2D eigenvalue weighted by Gasteiger charge is -2.57. The Hall–Kier alpha value is -1.72. The number of hydrogen-bond donors (Lipinski definition) is 1. The summed E-state index contributed by atoms with van der Waals surface area (Å²) < 4.78 is 17.6.